The first kappa shape index (κ1) is 29.2. The van der Waals surface area contributed by atoms with Crippen LogP contribution in [0.1, 0.15) is 51.4 Å². The van der Waals surface area contributed by atoms with Crippen molar-refractivity contribution in [2.24, 2.45) is 0 Å². The summed E-state index contributed by atoms with van der Waals surface area (Å²) in [6.45, 7) is -2.56. The summed E-state index contributed by atoms with van der Waals surface area (Å²) >= 11 is 5.87. The summed E-state index contributed by atoms with van der Waals surface area (Å²) in [5.41, 5.74) is -3.07. The van der Waals surface area contributed by atoms with Crippen molar-refractivity contribution in [3.8, 4) is 5.75 Å². The van der Waals surface area contributed by atoms with Crippen LogP contribution in [0.25, 0.3) is 0 Å². The van der Waals surface area contributed by atoms with Gasteiger partial charge in [-0.2, -0.15) is 18.3 Å². The smallest absolute Gasteiger partial charge is 0.408 e. The van der Waals surface area contributed by atoms with E-state index in [0.717, 1.165) is 12.3 Å². The second kappa shape index (κ2) is 11.4. The van der Waals surface area contributed by atoms with E-state index >= 15 is 0 Å². The number of halogens is 5. The molecule has 10 nitrogen and oxygen atoms in total. The Kier molecular flexibility index (Phi) is 8.55. The minimum absolute atomic E-state index is 0.00368. The third-order valence-corrected chi connectivity index (χ3v) is 8.03. The highest BCUT2D eigenvalue weighted by Crippen LogP contribution is 2.44. The molecule has 4 aliphatic carbocycles. The number of alkyl halides is 5. The third kappa shape index (κ3) is 7.07. The van der Waals surface area contributed by atoms with Crippen LogP contribution in [0.5, 0.6) is 5.75 Å². The Morgan fingerprint density at radius 3 is 2.44 bits per heavy atom. The van der Waals surface area contributed by atoms with Gasteiger partial charge in [-0.05, 0) is 38.5 Å². The molecule has 1 aromatic rings. The van der Waals surface area contributed by atoms with Crippen LogP contribution >= 0.6 is 11.6 Å². The third-order valence-electron chi connectivity index (χ3n) is 7.54. The van der Waals surface area contributed by atoms with Gasteiger partial charge in [0.25, 0.3) is 5.91 Å². The molecule has 3 atom stereocenters. The molecule has 0 radical (unpaired) electrons. The summed E-state index contributed by atoms with van der Waals surface area (Å²) in [6, 6.07) is 1.05. The number of hydrogen-bond acceptors (Lipinski definition) is 7. The second-order valence-corrected chi connectivity index (χ2v) is 11.0. The van der Waals surface area contributed by atoms with E-state index in [-0.39, 0.29) is 42.8 Å². The number of hydrogen-bond donors (Lipinski definition) is 2. The van der Waals surface area contributed by atoms with Gasteiger partial charge in [0.05, 0.1) is 23.2 Å². The number of nitrogens with zero attached hydrogens (tertiary/aromatic N) is 2. The van der Waals surface area contributed by atoms with Crippen molar-refractivity contribution >= 4 is 29.2 Å². The molecule has 5 rings (SSSR count). The molecule has 2 bridgehead atoms. The standard InChI is InChI=1S/C24H29ClF4N4O6/c25-15-2-1-14(9-16(15)26)38-11-19(35)31-22-4-6-23(7-5-22,18(34)10-22)32-20(36)12-39-17-3-8-30-33(21(17)37)13-24(27,28)29/h3,8,14-16H,1-2,4-7,9-13H2,(H,31,35)(H,32,36). The van der Waals surface area contributed by atoms with Crippen LogP contribution in [0.4, 0.5) is 17.6 Å². The molecule has 1 aromatic heterocycles. The van der Waals surface area contributed by atoms with E-state index in [4.69, 9.17) is 21.1 Å². The Labute approximate surface area is 225 Å². The highest BCUT2D eigenvalue weighted by Gasteiger charge is 2.55. The van der Waals surface area contributed by atoms with E-state index in [1.54, 1.807) is 0 Å². The van der Waals surface area contributed by atoms with Gasteiger partial charge in [-0.1, -0.05) is 0 Å². The normalized spacial score (nSPS) is 30.6. The predicted molar refractivity (Wildman–Crippen MR) is 128 cm³/mol. The highest BCUT2D eigenvalue weighted by atomic mass is 35.5. The van der Waals surface area contributed by atoms with Crippen molar-refractivity contribution in [1.29, 1.82) is 0 Å². The van der Waals surface area contributed by atoms with Gasteiger partial charge >= 0.3 is 11.7 Å². The van der Waals surface area contributed by atoms with Crippen LogP contribution in [-0.2, 0) is 25.7 Å². The number of nitrogens with one attached hydrogen (secondary N) is 2. The highest BCUT2D eigenvalue weighted by molar-refractivity contribution is 6.21. The lowest BCUT2D eigenvalue weighted by Crippen LogP contribution is -2.69. The van der Waals surface area contributed by atoms with Gasteiger partial charge < -0.3 is 20.1 Å². The number of aromatic nitrogens is 2. The molecular formula is C24H29ClF4N4O6. The van der Waals surface area contributed by atoms with Gasteiger partial charge in [-0.3, -0.25) is 19.2 Å². The van der Waals surface area contributed by atoms with E-state index in [2.05, 4.69) is 15.7 Å². The van der Waals surface area contributed by atoms with Crippen LogP contribution in [0.2, 0.25) is 0 Å². The molecule has 216 valence electrons. The van der Waals surface area contributed by atoms with Crippen LogP contribution in [0.15, 0.2) is 17.1 Å². The zero-order valence-electron chi connectivity index (χ0n) is 20.9. The van der Waals surface area contributed by atoms with Gasteiger partial charge in [-0.25, -0.2) is 9.07 Å². The Morgan fingerprint density at radius 2 is 1.79 bits per heavy atom. The number of carbonyl (C=O) groups is 3. The zero-order chi connectivity index (χ0) is 28.4. The maximum Gasteiger partial charge on any atom is 0.408 e. The van der Waals surface area contributed by atoms with Gasteiger partial charge in [0.1, 0.15) is 19.3 Å². The molecule has 15 heteroatoms. The number of Topliss-reactive ketones (excluding diaryl/α,β-unsaturated/α-hetero) is 1. The molecule has 0 saturated heterocycles. The Morgan fingerprint density at radius 1 is 1.10 bits per heavy atom. The van der Waals surface area contributed by atoms with Crippen molar-refractivity contribution in [2.75, 3.05) is 13.2 Å². The average molecular weight is 581 g/mol. The fraction of sp³-hybridized carbons (Fsp3) is 0.708. The largest absolute Gasteiger partial charge is 0.478 e. The first-order valence-corrected chi connectivity index (χ1v) is 13.0. The molecule has 2 N–H and O–H groups in total. The predicted octanol–water partition coefficient (Wildman–Crippen LogP) is 1.96. The second-order valence-electron chi connectivity index (χ2n) is 10.4. The van der Waals surface area contributed by atoms with Crippen molar-refractivity contribution in [3.05, 3.63) is 22.6 Å². The average Bonchev–Trinajstić information content (AvgIpc) is 2.85. The summed E-state index contributed by atoms with van der Waals surface area (Å²) in [4.78, 5) is 50.3. The summed E-state index contributed by atoms with van der Waals surface area (Å²) in [5, 5.41) is 8.35. The van der Waals surface area contributed by atoms with Crippen LogP contribution in [0, 0.1) is 0 Å². The lowest BCUT2D eigenvalue weighted by molar-refractivity contribution is -0.144. The van der Waals surface area contributed by atoms with Gasteiger partial charge in [0, 0.05) is 24.4 Å². The topological polar surface area (TPSA) is 129 Å². The molecule has 0 aliphatic heterocycles. The summed E-state index contributed by atoms with van der Waals surface area (Å²) in [6.07, 6.45) is -2.80. The number of ether oxygens (including phenoxy) is 2. The summed E-state index contributed by atoms with van der Waals surface area (Å²) in [7, 11) is 0. The Balaban J connectivity index is 1.26. The lowest BCUT2D eigenvalue weighted by Gasteiger charge is -2.52. The molecule has 1 heterocycles. The first-order chi connectivity index (χ1) is 18.3. The monoisotopic (exact) mass is 580 g/mol. The van der Waals surface area contributed by atoms with E-state index in [0.29, 0.717) is 25.7 Å². The maximum absolute atomic E-state index is 13.8. The molecule has 4 saturated carbocycles. The minimum Gasteiger partial charge on any atom is -0.478 e. The molecule has 0 spiro atoms. The van der Waals surface area contributed by atoms with Crippen LogP contribution in [-0.4, -0.2) is 75.5 Å². The number of amides is 2. The van der Waals surface area contributed by atoms with E-state index < -0.39 is 71.2 Å². The van der Waals surface area contributed by atoms with Crippen LogP contribution < -0.4 is 20.9 Å². The van der Waals surface area contributed by atoms with Crippen molar-refractivity contribution in [3.63, 3.8) is 0 Å². The Bertz CT molecular complexity index is 1150. The molecule has 4 fully saturated rings. The SMILES string of the molecule is O=C(COC1CCC(Cl)C(F)C1)NC12CCC(NC(=O)COc3ccnn(CC(F)(F)F)c3=O)(CC1)C(=O)C2. The number of rotatable bonds is 9. The lowest BCUT2D eigenvalue weighted by atomic mass is 9.60. The fourth-order valence-electron chi connectivity index (χ4n) is 5.44. The van der Waals surface area contributed by atoms with E-state index in [9.17, 15) is 36.7 Å². The molecule has 0 aromatic carbocycles. The zero-order valence-corrected chi connectivity index (χ0v) is 21.7. The van der Waals surface area contributed by atoms with Crippen molar-refractivity contribution in [1.82, 2.24) is 20.4 Å². The van der Waals surface area contributed by atoms with Gasteiger partial charge in [0.2, 0.25) is 5.91 Å². The summed E-state index contributed by atoms with van der Waals surface area (Å²) in [5.74, 6) is -1.88. The minimum atomic E-state index is -4.67. The quantitative estimate of drug-likeness (QED) is 0.337. The van der Waals surface area contributed by atoms with Crippen molar-refractivity contribution < 1.29 is 41.4 Å². The summed E-state index contributed by atoms with van der Waals surface area (Å²) < 4.78 is 62.5. The molecule has 4 aliphatic rings. The number of fused-ring (bicyclic) bond motifs is 3. The van der Waals surface area contributed by atoms with Gasteiger partial charge in [-0.15, -0.1) is 11.6 Å². The number of carbonyl (C=O) groups excluding carboxylic acids is 3. The van der Waals surface area contributed by atoms with Gasteiger partial charge in [0.15, 0.2) is 18.1 Å². The van der Waals surface area contributed by atoms with Crippen LogP contribution in [0.3, 0.4) is 0 Å². The molecule has 39 heavy (non-hydrogen) atoms. The fourth-order valence-corrected chi connectivity index (χ4v) is 5.67. The molecular weight excluding hydrogens is 552 g/mol. The Hall–Kier alpha value is -2.74. The van der Waals surface area contributed by atoms with E-state index in [1.807, 2.05) is 0 Å². The maximum atomic E-state index is 13.8. The van der Waals surface area contributed by atoms with Crippen molar-refractivity contribution in [2.45, 2.75) is 92.8 Å². The molecule has 2 amide bonds. The first-order valence-electron chi connectivity index (χ1n) is 12.6. The van der Waals surface area contributed by atoms with E-state index in [1.165, 1.54) is 0 Å². The number of ketones is 1. The molecule has 3 unspecified atom stereocenters.